The highest BCUT2D eigenvalue weighted by Gasteiger charge is 2.27. The van der Waals surface area contributed by atoms with Gasteiger partial charge in [0.15, 0.2) is 23.3 Å². The third-order valence-electron chi connectivity index (χ3n) is 18.5. The number of para-hydroxylation sites is 5. The summed E-state index contributed by atoms with van der Waals surface area (Å²) >= 11 is 0. The molecule has 0 radical (unpaired) electrons. The van der Waals surface area contributed by atoms with Crippen LogP contribution in [0.15, 0.2) is 315 Å². The molecular formula is C84H52N10. The fourth-order valence-electron chi connectivity index (χ4n) is 14.4. The van der Waals surface area contributed by atoms with Crippen LogP contribution < -0.4 is 0 Å². The molecular weight excluding hydrogens is 1150 g/mol. The van der Waals surface area contributed by atoms with Gasteiger partial charge in [-0.3, -0.25) is 9.13 Å². The van der Waals surface area contributed by atoms with Crippen LogP contribution in [0.5, 0.6) is 0 Å². The number of hydrogen-bond acceptors (Lipinski definition) is 6. The molecule has 19 rings (SSSR count). The maximum Gasteiger partial charge on any atom is 0.238 e. The Balaban J connectivity index is 0.802. The van der Waals surface area contributed by atoms with Gasteiger partial charge in [-0.1, -0.05) is 273 Å². The molecule has 6 aromatic heterocycles. The van der Waals surface area contributed by atoms with E-state index in [4.69, 9.17) is 29.9 Å². The van der Waals surface area contributed by atoms with Crippen LogP contribution in [0.4, 0.5) is 0 Å². The molecule has 438 valence electrons. The fraction of sp³-hybridized carbons (Fsp3) is 0. The van der Waals surface area contributed by atoms with Crippen molar-refractivity contribution in [2.24, 2.45) is 0 Å². The molecule has 0 aliphatic rings. The van der Waals surface area contributed by atoms with E-state index in [2.05, 4.69) is 261 Å². The smallest absolute Gasteiger partial charge is 0.238 e. The summed E-state index contributed by atoms with van der Waals surface area (Å²) in [4.78, 5) is 31.7. The van der Waals surface area contributed by atoms with E-state index in [9.17, 15) is 0 Å². The van der Waals surface area contributed by atoms with Crippen LogP contribution >= 0.6 is 0 Å². The summed E-state index contributed by atoms with van der Waals surface area (Å²) in [7, 11) is 0. The molecule has 10 heteroatoms. The predicted molar refractivity (Wildman–Crippen MR) is 383 cm³/mol. The zero-order valence-electron chi connectivity index (χ0n) is 50.5. The van der Waals surface area contributed by atoms with E-state index in [-0.39, 0.29) is 0 Å². The van der Waals surface area contributed by atoms with Crippen LogP contribution in [0.25, 0.3) is 178 Å². The van der Waals surface area contributed by atoms with Gasteiger partial charge in [0.1, 0.15) is 0 Å². The topological polar surface area (TPSA) is 97.1 Å². The van der Waals surface area contributed by atoms with E-state index in [1.165, 1.54) is 0 Å². The van der Waals surface area contributed by atoms with Gasteiger partial charge >= 0.3 is 0 Å². The zero-order chi connectivity index (χ0) is 61.8. The fourth-order valence-corrected chi connectivity index (χ4v) is 14.4. The van der Waals surface area contributed by atoms with E-state index in [0.29, 0.717) is 35.2 Å². The Hall–Kier alpha value is -12.9. The molecule has 6 heterocycles. The summed E-state index contributed by atoms with van der Waals surface area (Å²) in [6, 6.07) is 111. The molecule has 0 aliphatic carbocycles. The van der Waals surface area contributed by atoms with Gasteiger partial charge in [0.25, 0.3) is 0 Å². The van der Waals surface area contributed by atoms with Gasteiger partial charge in [-0.15, -0.1) is 0 Å². The van der Waals surface area contributed by atoms with Crippen molar-refractivity contribution in [3.8, 4) is 91.1 Å². The van der Waals surface area contributed by atoms with Crippen LogP contribution in [-0.4, -0.2) is 48.2 Å². The second-order valence-electron chi connectivity index (χ2n) is 23.8. The Morgan fingerprint density at radius 3 is 0.883 bits per heavy atom. The molecule has 0 atom stereocenters. The lowest BCUT2D eigenvalue weighted by Crippen LogP contribution is -2.07. The quantitative estimate of drug-likeness (QED) is 0.135. The van der Waals surface area contributed by atoms with Crippen LogP contribution in [0.2, 0.25) is 0 Å². The third-order valence-corrected chi connectivity index (χ3v) is 18.5. The molecule has 94 heavy (non-hydrogen) atoms. The Kier molecular flexibility index (Phi) is 12.0. The van der Waals surface area contributed by atoms with Crippen molar-refractivity contribution in [2.75, 3.05) is 0 Å². The summed E-state index contributed by atoms with van der Waals surface area (Å²) in [6.07, 6.45) is 0. The first-order chi connectivity index (χ1) is 46.7. The lowest BCUT2D eigenvalue weighted by atomic mass is 9.93. The van der Waals surface area contributed by atoms with Gasteiger partial charge in [0, 0.05) is 76.6 Å². The highest BCUT2D eigenvalue weighted by atomic mass is 15.2. The van der Waals surface area contributed by atoms with Gasteiger partial charge in [-0.05, 0) is 59.2 Å². The van der Waals surface area contributed by atoms with Crippen molar-refractivity contribution >= 4 is 87.2 Å². The van der Waals surface area contributed by atoms with Gasteiger partial charge in [0.2, 0.25) is 11.9 Å². The second kappa shape index (κ2) is 21.4. The molecule has 0 aliphatic heterocycles. The lowest BCUT2D eigenvalue weighted by Gasteiger charge is -2.18. The second-order valence-corrected chi connectivity index (χ2v) is 23.8. The third kappa shape index (κ3) is 8.30. The standard InChI is InChI=1S/C84H52N10/c1-5-25-54(26-6-1)79-85-80(55-27-7-2-8-28-55)88-83(87-79)93-73-43-23-18-38-64(73)68-51-49-66-62-36-16-20-40-70(62)91(75(66)77(68)93)58-47-45-53(46-48-58)59-33-13-14-34-60(59)61-35-15-21-41-71(61)92-72-42-22-17-37-63(72)67-50-52-69-65-39-19-24-44-74(65)94(78(69)76(67)92)84-89-81(56-29-9-3-10-30-56)86-82(90-84)57-31-11-4-12-32-57/h1-52H. The Labute approximate surface area is 538 Å². The monoisotopic (exact) mass is 1200 g/mol. The molecule has 0 amide bonds. The number of hydrogen-bond donors (Lipinski definition) is 0. The van der Waals surface area contributed by atoms with Crippen molar-refractivity contribution in [3.63, 3.8) is 0 Å². The molecule has 0 spiro atoms. The van der Waals surface area contributed by atoms with Crippen LogP contribution in [-0.2, 0) is 0 Å². The average molecular weight is 1200 g/mol. The van der Waals surface area contributed by atoms with Crippen molar-refractivity contribution < 1.29 is 0 Å². The number of benzene rings is 13. The largest absolute Gasteiger partial charge is 0.307 e. The lowest BCUT2D eigenvalue weighted by molar-refractivity contribution is 0.953. The SMILES string of the molecule is c1ccc(-c2nc(-c3ccccc3)nc(-n3c4ccccc4c4ccc5c6ccccc6n(-c6ccc(-c7ccccc7-c7ccccc7-n7c8ccccc8c8ccc9c%10ccccc%10n(-c%10nc(-c%11ccccc%11)nc(-c%11ccccc%11)n%10)c9c87)cc6)c5c43)n2)cc1. The minimum atomic E-state index is 0.538. The molecule has 13 aromatic carbocycles. The summed E-state index contributed by atoms with van der Waals surface area (Å²) in [5.41, 5.74) is 18.4. The molecule has 0 fully saturated rings. The normalized spacial score (nSPS) is 11.8. The van der Waals surface area contributed by atoms with E-state index < -0.39 is 0 Å². The van der Waals surface area contributed by atoms with Crippen LogP contribution in [0, 0.1) is 0 Å². The zero-order valence-corrected chi connectivity index (χ0v) is 50.5. The first kappa shape index (κ1) is 53.0. The maximum atomic E-state index is 5.38. The minimum Gasteiger partial charge on any atom is -0.307 e. The van der Waals surface area contributed by atoms with Gasteiger partial charge in [0.05, 0.1) is 49.8 Å². The van der Waals surface area contributed by atoms with Gasteiger partial charge in [-0.2, -0.15) is 19.9 Å². The highest BCUT2D eigenvalue weighted by molar-refractivity contribution is 6.25. The first-order valence-corrected chi connectivity index (χ1v) is 31.6. The van der Waals surface area contributed by atoms with E-state index >= 15 is 0 Å². The Morgan fingerprint density at radius 1 is 0.181 bits per heavy atom. The van der Waals surface area contributed by atoms with Crippen molar-refractivity contribution in [3.05, 3.63) is 315 Å². The number of aromatic nitrogens is 10. The van der Waals surface area contributed by atoms with Crippen LogP contribution in [0.1, 0.15) is 0 Å². The maximum absolute atomic E-state index is 5.38. The molecule has 0 N–H and O–H groups in total. The predicted octanol–water partition coefficient (Wildman–Crippen LogP) is 20.4. The van der Waals surface area contributed by atoms with Crippen LogP contribution in [0.3, 0.4) is 0 Å². The van der Waals surface area contributed by atoms with Gasteiger partial charge < -0.3 is 9.13 Å². The van der Waals surface area contributed by atoms with Crippen molar-refractivity contribution in [2.45, 2.75) is 0 Å². The summed E-state index contributed by atoms with van der Waals surface area (Å²) in [6.45, 7) is 0. The molecule has 0 unspecified atom stereocenters. The Morgan fingerprint density at radius 2 is 0.479 bits per heavy atom. The minimum absolute atomic E-state index is 0.538. The van der Waals surface area contributed by atoms with E-state index in [0.717, 1.165) is 143 Å². The Bertz CT molecular complexity index is 6090. The number of fused-ring (bicyclic) bond motifs is 14. The summed E-state index contributed by atoms with van der Waals surface area (Å²) in [5, 5.41) is 8.95. The average Bonchev–Trinajstić information content (AvgIpc) is 1.55. The van der Waals surface area contributed by atoms with E-state index in [1.807, 2.05) is 72.8 Å². The molecule has 19 aromatic rings. The number of rotatable bonds is 10. The first-order valence-electron chi connectivity index (χ1n) is 31.6. The molecule has 10 nitrogen and oxygen atoms in total. The van der Waals surface area contributed by atoms with E-state index in [1.54, 1.807) is 0 Å². The number of nitrogens with zero attached hydrogens (tertiary/aromatic N) is 10. The molecule has 0 saturated heterocycles. The summed E-state index contributed by atoms with van der Waals surface area (Å²) < 4.78 is 9.41. The summed E-state index contributed by atoms with van der Waals surface area (Å²) in [5.74, 6) is 3.48. The van der Waals surface area contributed by atoms with Gasteiger partial charge in [-0.25, -0.2) is 9.97 Å². The highest BCUT2D eigenvalue weighted by Crippen LogP contribution is 2.46. The molecule has 0 bridgehead atoms. The van der Waals surface area contributed by atoms with Crippen molar-refractivity contribution in [1.29, 1.82) is 0 Å². The molecule has 0 saturated carbocycles. The van der Waals surface area contributed by atoms with Crippen molar-refractivity contribution in [1.82, 2.24) is 48.2 Å².